The molecule has 0 atom stereocenters. The fraction of sp³-hybridized carbons (Fsp3) is 0.342. The van der Waals surface area contributed by atoms with Crippen LogP contribution in [0.15, 0.2) is 98.1 Å². The summed E-state index contributed by atoms with van der Waals surface area (Å²) in [6, 6.07) is 21.5. The normalized spacial score (nSPS) is 10.4. The lowest BCUT2D eigenvalue weighted by Crippen LogP contribution is -2.08. The smallest absolute Gasteiger partial charge is 0.343 e. The molecule has 0 unspecified atom stereocenters. The van der Waals surface area contributed by atoms with Crippen LogP contribution < -0.4 is 18.9 Å². The predicted octanol–water partition coefficient (Wildman–Crippen LogP) is 7.82. The summed E-state index contributed by atoms with van der Waals surface area (Å²) in [5, 5.41) is 0. The first kappa shape index (κ1) is 36.4. The van der Waals surface area contributed by atoms with Crippen LogP contribution in [0.4, 0.5) is 0 Å². The van der Waals surface area contributed by atoms with E-state index in [1.54, 1.807) is 36.4 Å². The zero-order chi connectivity index (χ0) is 33.5. The van der Waals surface area contributed by atoms with Crippen molar-refractivity contribution in [2.45, 2.75) is 58.0 Å². The second kappa shape index (κ2) is 21.6. The van der Waals surface area contributed by atoms with Gasteiger partial charge in [-0.05, 0) is 118 Å². The molecule has 9 nitrogen and oxygen atoms in total. The molecule has 0 saturated carbocycles. The Kier molecular flexibility index (Phi) is 16.8. The molecule has 0 aliphatic carbocycles. The molecule has 0 aromatic heterocycles. The highest BCUT2D eigenvalue weighted by Gasteiger charge is 2.09. The van der Waals surface area contributed by atoms with Gasteiger partial charge in [0, 0.05) is 12.2 Å². The van der Waals surface area contributed by atoms with Crippen molar-refractivity contribution in [3.63, 3.8) is 0 Å². The van der Waals surface area contributed by atoms with Crippen LogP contribution >= 0.6 is 0 Å². The van der Waals surface area contributed by atoms with Crippen molar-refractivity contribution in [1.29, 1.82) is 0 Å². The number of carbonyl (C=O) groups excluding carboxylic acids is 3. The molecule has 3 aromatic rings. The van der Waals surface area contributed by atoms with Crippen molar-refractivity contribution < 1.29 is 42.8 Å². The summed E-state index contributed by atoms with van der Waals surface area (Å²) in [6.45, 7) is 9.10. The lowest BCUT2D eigenvalue weighted by atomic mass is 10.1. The minimum atomic E-state index is -0.450. The Balaban J connectivity index is 1.28. The molecule has 0 heterocycles. The zero-order valence-corrected chi connectivity index (χ0v) is 26.9. The third kappa shape index (κ3) is 15.2. The van der Waals surface area contributed by atoms with Crippen molar-refractivity contribution in [2.24, 2.45) is 0 Å². The van der Waals surface area contributed by atoms with Gasteiger partial charge in [-0.1, -0.05) is 25.3 Å². The summed E-state index contributed by atoms with van der Waals surface area (Å²) < 4.78 is 32.9. The maximum atomic E-state index is 12.6. The summed E-state index contributed by atoms with van der Waals surface area (Å²) in [7, 11) is 0. The largest absolute Gasteiger partial charge is 0.494 e. The monoisotopic (exact) mass is 644 g/mol. The summed E-state index contributed by atoms with van der Waals surface area (Å²) in [6.07, 6.45) is 9.66. The molecule has 0 saturated heterocycles. The Bertz CT molecular complexity index is 1380. The van der Waals surface area contributed by atoms with Crippen LogP contribution in [0.1, 0.15) is 67.3 Å². The van der Waals surface area contributed by atoms with E-state index < -0.39 is 11.9 Å². The fourth-order valence-corrected chi connectivity index (χ4v) is 4.26. The molecule has 0 bridgehead atoms. The number of hydrogen-bond acceptors (Lipinski definition) is 9. The van der Waals surface area contributed by atoms with Crippen molar-refractivity contribution >= 4 is 17.9 Å². The Morgan fingerprint density at radius 1 is 0.489 bits per heavy atom. The molecular weight excluding hydrogens is 600 g/mol. The number of ether oxygens (including phenoxy) is 6. The van der Waals surface area contributed by atoms with Gasteiger partial charge >= 0.3 is 17.9 Å². The molecule has 0 aliphatic heterocycles. The number of rotatable bonds is 23. The van der Waals surface area contributed by atoms with E-state index in [2.05, 4.69) is 13.2 Å². The van der Waals surface area contributed by atoms with Crippen molar-refractivity contribution in [3.8, 4) is 23.0 Å². The topological polar surface area (TPSA) is 107 Å². The standard InChI is InChI=1S/C38H44O9/c1-3-36(39)44-27-11-7-5-9-25-42-32-17-19-34(20-18-32)46-29-30-13-15-31(16-14-30)38(41)47-35-23-21-33(22-24-35)43-26-10-6-8-12-28-45-37(40)4-2/h3-4,13-24H,1-2,5-12,25-29H2. The first-order valence-electron chi connectivity index (χ1n) is 15.9. The maximum Gasteiger partial charge on any atom is 0.343 e. The zero-order valence-electron chi connectivity index (χ0n) is 26.9. The van der Waals surface area contributed by atoms with E-state index in [4.69, 9.17) is 28.4 Å². The van der Waals surface area contributed by atoms with E-state index in [1.807, 2.05) is 36.4 Å². The summed E-state index contributed by atoms with van der Waals surface area (Å²) in [4.78, 5) is 34.6. The molecule has 0 aliphatic rings. The molecule has 0 amide bonds. The van der Waals surface area contributed by atoms with E-state index in [1.165, 1.54) is 6.08 Å². The van der Waals surface area contributed by atoms with Gasteiger partial charge in [-0.2, -0.15) is 0 Å². The second-order valence-electron chi connectivity index (χ2n) is 10.6. The summed E-state index contributed by atoms with van der Waals surface area (Å²) >= 11 is 0. The number of hydrogen-bond donors (Lipinski definition) is 0. The van der Waals surface area contributed by atoms with E-state index in [9.17, 15) is 14.4 Å². The number of unbranched alkanes of at least 4 members (excludes halogenated alkanes) is 6. The Morgan fingerprint density at radius 3 is 1.34 bits per heavy atom. The minimum absolute atomic E-state index is 0.351. The van der Waals surface area contributed by atoms with Gasteiger partial charge in [-0.25, -0.2) is 14.4 Å². The molecular formula is C38H44O9. The highest BCUT2D eigenvalue weighted by Crippen LogP contribution is 2.21. The fourth-order valence-electron chi connectivity index (χ4n) is 4.26. The van der Waals surface area contributed by atoms with Crippen LogP contribution in [0.2, 0.25) is 0 Å². The predicted molar refractivity (Wildman–Crippen MR) is 179 cm³/mol. The molecule has 250 valence electrons. The molecule has 47 heavy (non-hydrogen) atoms. The Morgan fingerprint density at radius 2 is 0.894 bits per heavy atom. The lowest BCUT2D eigenvalue weighted by Gasteiger charge is -2.10. The van der Waals surface area contributed by atoms with Crippen LogP contribution in [0, 0.1) is 0 Å². The molecule has 0 radical (unpaired) electrons. The van der Waals surface area contributed by atoms with E-state index >= 15 is 0 Å². The lowest BCUT2D eigenvalue weighted by molar-refractivity contribution is -0.138. The first-order chi connectivity index (χ1) is 23.0. The van der Waals surface area contributed by atoms with Crippen LogP contribution in [0.5, 0.6) is 23.0 Å². The average Bonchev–Trinajstić information content (AvgIpc) is 3.10. The quantitative estimate of drug-likeness (QED) is 0.0442. The highest BCUT2D eigenvalue weighted by atomic mass is 16.5. The maximum absolute atomic E-state index is 12.6. The Hall–Kier alpha value is -5.05. The minimum Gasteiger partial charge on any atom is -0.494 e. The van der Waals surface area contributed by atoms with Crippen LogP contribution in [0.3, 0.4) is 0 Å². The number of benzene rings is 3. The van der Waals surface area contributed by atoms with Gasteiger partial charge in [0.25, 0.3) is 0 Å². The van der Waals surface area contributed by atoms with Crippen molar-refractivity contribution in [2.75, 3.05) is 26.4 Å². The second-order valence-corrected chi connectivity index (χ2v) is 10.6. The van der Waals surface area contributed by atoms with Gasteiger partial charge in [-0.15, -0.1) is 0 Å². The molecule has 0 spiro atoms. The molecule has 9 heteroatoms. The number of esters is 3. The van der Waals surface area contributed by atoms with Gasteiger partial charge in [0.2, 0.25) is 0 Å². The van der Waals surface area contributed by atoms with Gasteiger partial charge in [-0.3, -0.25) is 0 Å². The first-order valence-corrected chi connectivity index (χ1v) is 15.9. The van der Waals surface area contributed by atoms with Crippen LogP contribution in [0.25, 0.3) is 0 Å². The van der Waals surface area contributed by atoms with Crippen molar-refractivity contribution in [1.82, 2.24) is 0 Å². The molecule has 0 N–H and O–H groups in total. The number of carbonyl (C=O) groups is 3. The Labute approximate surface area is 277 Å². The molecule has 3 aromatic carbocycles. The molecule has 0 fully saturated rings. The SMILES string of the molecule is C=CC(=O)OCCCCCCOc1ccc(OCc2ccc(C(=O)Oc3ccc(OCCCCCCOC(=O)C=C)cc3)cc2)cc1. The van der Waals surface area contributed by atoms with Crippen LogP contribution in [-0.2, 0) is 25.7 Å². The third-order valence-corrected chi connectivity index (χ3v) is 6.89. The molecule has 3 rings (SSSR count). The van der Waals surface area contributed by atoms with Crippen molar-refractivity contribution in [3.05, 3.63) is 109 Å². The average molecular weight is 645 g/mol. The third-order valence-electron chi connectivity index (χ3n) is 6.89. The van der Waals surface area contributed by atoms with Gasteiger partial charge in [0.05, 0.1) is 32.0 Å². The van der Waals surface area contributed by atoms with E-state index in [0.717, 1.165) is 68.8 Å². The summed E-state index contributed by atoms with van der Waals surface area (Å²) in [5.74, 6) is 1.39. The van der Waals surface area contributed by atoms with Gasteiger partial charge in [0.15, 0.2) is 0 Å². The van der Waals surface area contributed by atoms with E-state index in [0.29, 0.717) is 55.8 Å². The summed E-state index contributed by atoms with van der Waals surface area (Å²) in [5.41, 5.74) is 1.35. The van der Waals surface area contributed by atoms with Crippen LogP contribution in [-0.4, -0.2) is 44.3 Å². The van der Waals surface area contributed by atoms with E-state index in [-0.39, 0.29) is 5.97 Å². The van der Waals surface area contributed by atoms with Gasteiger partial charge < -0.3 is 28.4 Å². The van der Waals surface area contributed by atoms with Gasteiger partial charge in [0.1, 0.15) is 29.6 Å². The highest BCUT2D eigenvalue weighted by molar-refractivity contribution is 5.91.